The summed E-state index contributed by atoms with van der Waals surface area (Å²) in [6.07, 6.45) is 2.67. The topological polar surface area (TPSA) is 108 Å². The van der Waals surface area contributed by atoms with Gasteiger partial charge >= 0.3 is 0 Å². The minimum absolute atomic E-state index is 0.288. The number of imidazole rings is 1. The molecular weight excluding hydrogens is 416 g/mol. The lowest BCUT2D eigenvalue weighted by Crippen LogP contribution is -2.46. The zero-order valence-corrected chi connectivity index (χ0v) is 18.9. The molecule has 1 aliphatic heterocycles. The first-order valence-electron chi connectivity index (χ1n) is 10.4. The van der Waals surface area contributed by atoms with Crippen LogP contribution in [0.4, 0.5) is 17.5 Å². The van der Waals surface area contributed by atoms with Crippen molar-refractivity contribution in [1.29, 1.82) is 0 Å². The number of aryl methyl sites for hydroxylation is 1. The molecule has 0 amide bonds. The highest BCUT2D eigenvalue weighted by atomic mass is 32.2. The van der Waals surface area contributed by atoms with Gasteiger partial charge in [-0.05, 0) is 37.7 Å². The molecule has 1 aromatic carbocycles. The second-order valence-electron chi connectivity index (χ2n) is 7.71. The minimum Gasteiger partial charge on any atom is -0.368 e. The van der Waals surface area contributed by atoms with Crippen molar-refractivity contribution in [3.05, 3.63) is 30.6 Å². The van der Waals surface area contributed by atoms with Crippen molar-refractivity contribution < 1.29 is 8.42 Å². The third-order valence-electron chi connectivity index (χ3n) is 5.31. The molecule has 0 aliphatic carbocycles. The van der Waals surface area contributed by atoms with Crippen molar-refractivity contribution in [3.63, 3.8) is 0 Å². The Morgan fingerprint density at radius 1 is 1.03 bits per heavy atom. The summed E-state index contributed by atoms with van der Waals surface area (Å²) in [7, 11) is 0.388. The molecule has 0 radical (unpaired) electrons. The Kier molecular flexibility index (Phi) is 6.08. The summed E-state index contributed by atoms with van der Waals surface area (Å²) in [4.78, 5) is 15.9. The minimum atomic E-state index is -3.49. The van der Waals surface area contributed by atoms with Crippen LogP contribution in [0.25, 0.3) is 11.2 Å². The van der Waals surface area contributed by atoms with Crippen molar-refractivity contribution in [2.45, 2.75) is 18.2 Å². The van der Waals surface area contributed by atoms with E-state index in [0.717, 1.165) is 31.6 Å². The number of aromatic nitrogens is 4. The molecule has 0 bridgehead atoms. The second kappa shape index (κ2) is 8.77. The highest BCUT2D eigenvalue weighted by molar-refractivity contribution is 7.89. The Morgan fingerprint density at radius 3 is 2.42 bits per heavy atom. The van der Waals surface area contributed by atoms with E-state index < -0.39 is 10.0 Å². The standard InChI is InChI=1S/C20H28N8O2S/c1-4-9-21-18-17-19(27(3)14-22-17)25-20(24-18)23-15-5-7-16(8-6-15)31(29,30)28-12-10-26(2)11-13-28/h5-8,14H,4,9-13H2,1-3H3,(H2,21,23,24,25). The second-order valence-corrected chi connectivity index (χ2v) is 9.64. The highest BCUT2D eigenvalue weighted by Gasteiger charge is 2.27. The predicted molar refractivity (Wildman–Crippen MR) is 121 cm³/mol. The predicted octanol–water partition coefficient (Wildman–Crippen LogP) is 1.86. The fourth-order valence-electron chi connectivity index (χ4n) is 3.45. The van der Waals surface area contributed by atoms with Crippen LogP contribution in [0.1, 0.15) is 13.3 Å². The van der Waals surface area contributed by atoms with Crippen molar-refractivity contribution in [3.8, 4) is 0 Å². The summed E-state index contributed by atoms with van der Waals surface area (Å²) >= 11 is 0. The average Bonchev–Trinajstić information content (AvgIpc) is 3.13. The van der Waals surface area contributed by atoms with Gasteiger partial charge in [-0.1, -0.05) is 6.92 Å². The summed E-state index contributed by atoms with van der Waals surface area (Å²) in [5.74, 6) is 1.09. The van der Waals surface area contributed by atoms with E-state index >= 15 is 0 Å². The van der Waals surface area contributed by atoms with E-state index in [4.69, 9.17) is 0 Å². The van der Waals surface area contributed by atoms with Crippen molar-refractivity contribution in [2.24, 2.45) is 7.05 Å². The number of nitrogens with zero attached hydrogens (tertiary/aromatic N) is 6. The third-order valence-corrected chi connectivity index (χ3v) is 7.23. The van der Waals surface area contributed by atoms with E-state index in [-0.39, 0.29) is 4.90 Å². The van der Waals surface area contributed by atoms with Gasteiger partial charge in [0, 0.05) is 45.5 Å². The molecule has 2 aromatic heterocycles. The smallest absolute Gasteiger partial charge is 0.243 e. The maximum absolute atomic E-state index is 12.9. The van der Waals surface area contributed by atoms with Gasteiger partial charge in [-0.2, -0.15) is 14.3 Å². The summed E-state index contributed by atoms with van der Waals surface area (Å²) in [6.45, 7) is 5.35. The fraction of sp³-hybridized carbons (Fsp3) is 0.450. The molecule has 2 N–H and O–H groups in total. The Balaban J connectivity index is 1.55. The number of likely N-dealkylation sites (N-methyl/N-ethyl adjacent to an activating group) is 1. The molecule has 1 saturated heterocycles. The van der Waals surface area contributed by atoms with Crippen LogP contribution in [-0.2, 0) is 17.1 Å². The maximum Gasteiger partial charge on any atom is 0.243 e. The van der Waals surface area contributed by atoms with E-state index in [2.05, 4.69) is 37.4 Å². The molecule has 1 aliphatic rings. The zero-order valence-electron chi connectivity index (χ0n) is 18.0. The molecule has 0 saturated carbocycles. The van der Waals surface area contributed by atoms with Gasteiger partial charge in [0.15, 0.2) is 17.0 Å². The van der Waals surface area contributed by atoms with Crippen LogP contribution in [0.15, 0.2) is 35.5 Å². The lowest BCUT2D eigenvalue weighted by atomic mass is 10.3. The molecule has 3 aromatic rings. The number of nitrogens with one attached hydrogen (secondary N) is 2. The van der Waals surface area contributed by atoms with Gasteiger partial charge in [0.05, 0.1) is 11.2 Å². The van der Waals surface area contributed by atoms with Crippen LogP contribution in [0.5, 0.6) is 0 Å². The number of rotatable bonds is 7. The summed E-state index contributed by atoms with van der Waals surface area (Å²) in [5, 5.41) is 6.47. The lowest BCUT2D eigenvalue weighted by molar-refractivity contribution is 0.222. The van der Waals surface area contributed by atoms with Crippen molar-refractivity contribution in [2.75, 3.05) is 50.4 Å². The van der Waals surface area contributed by atoms with E-state index in [1.807, 2.05) is 18.7 Å². The zero-order chi connectivity index (χ0) is 22.0. The van der Waals surface area contributed by atoms with Crippen LogP contribution in [0.2, 0.25) is 0 Å². The first-order valence-corrected chi connectivity index (χ1v) is 11.8. The highest BCUT2D eigenvalue weighted by Crippen LogP contribution is 2.24. The van der Waals surface area contributed by atoms with E-state index in [1.165, 1.54) is 0 Å². The summed E-state index contributed by atoms with van der Waals surface area (Å²) < 4.78 is 29.2. The van der Waals surface area contributed by atoms with Crippen LogP contribution in [0.3, 0.4) is 0 Å². The number of piperazine rings is 1. The molecule has 1 fully saturated rings. The van der Waals surface area contributed by atoms with Gasteiger partial charge in [0.1, 0.15) is 0 Å². The van der Waals surface area contributed by atoms with Gasteiger partial charge in [-0.15, -0.1) is 0 Å². The monoisotopic (exact) mass is 444 g/mol. The van der Waals surface area contributed by atoms with Crippen LogP contribution >= 0.6 is 0 Å². The van der Waals surface area contributed by atoms with Crippen LogP contribution < -0.4 is 10.6 Å². The maximum atomic E-state index is 12.9. The molecule has 31 heavy (non-hydrogen) atoms. The van der Waals surface area contributed by atoms with E-state index in [0.29, 0.717) is 36.2 Å². The first kappa shape index (κ1) is 21.5. The lowest BCUT2D eigenvalue weighted by Gasteiger charge is -2.31. The normalized spacial score (nSPS) is 16.0. The molecular formula is C20H28N8O2S. The van der Waals surface area contributed by atoms with E-state index in [1.54, 1.807) is 34.9 Å². The fourth-order valence-corrected chi connectivity index (χ4v) is 4.87. The number of sulfonamides is 1. The molecule has 10 nitrogen and oxygen atoms in total. The number of hydrogen-bond acceptors (Lipinski definition) is 8. The number of fused-ring (bicyclic) bond motifs is 1. The molecule has 11 heteroatoms. The Morgan fingerprint density at radius 2 is 1.74 bits per heavy atom. The van der Waals surface area contributed by atoms with Gasteiger partial charge in [0.25, 0.3) is 0 Å². The number of hydrogen-bond donors (Lipinski definition) is 2. The van der Waals surface area contributed by atoms with Crippen molar-refractivity contribution in [1.82, 2.24) is 28.7 Å². The first-order chi connectivity index (χ1) is 14.9. The Labute approximate surface area is 182 Å². The number of anilines is 3. The average molecular weight is 445 g/mol. The van der Waals surface area contributed by atoms with Gasteiger partial charge in [0.2, 0.25) is 16.0 Å². The molecule has 0 unspecified atom stereocenters. The van der Waals surface area contributed by atoms with Gasteiger partial charge < -0.3 is 20.1 Å². The van der Waals surface area contributed by atoms with E-state index in [9.17, 15) is 8.42 Å². The number of benzene rings is 1. The van der Waals surface area contributed by atoms with Crippen LogP contribution in [-0.4, -0.2) is 76.9 Å². The molecule has 4 rings (SSSR count). The van der Waals surface area contributed by atoms with Crippen LogP contribution in [0, 0.1) is 0 Å². The Hall–Kier alpha value is -2.76. The quantitative estimate of drug-likeness (QED) is 0.569. The summed E-state index contributed by atoms with van der Waals surface area (Å²) in [6, 6.07) is 6.71. The SMILES string of the molecule is CCCNc1nc(Nc2ccc(S(=O)(=O)N3CCN(C)CC3)cc2)nc2c1ncn2C. The Bertz CT molecular complexity index is 1150. The van der Waals surface area contributed by atoms with Gasteiger partial charge in [-0.3, -0.25) is 0 Å². The van der Waals surface area contributed by atoms with Crippen molar-refractivity contribution >= 4 is 38.6 Å². The largest absolute Gasteiger partial charge is 0.368 e. The molecule has 0 spiro atoms. The van der Waals surface area contributed by atoms with Gasteiger partial charge in [-0.25, -0.2) is 13.4 Å². The summed E-state index contributed by atoms with van der Waals surface area (Å²) in [5.41, 5.74) is 2.14. The third kappa shape index (κ3) is 4.48. The molecule has 166 valence electrons. The molecule has 3 heterocycles. The molecule has 0 atom stereocenters.